The Morgan fingerprint density at radius 3 is 3.12 bits per heavy atom. The predicted molar refractivity (Wildman–Crippen MR) is 56.9 cm³/mol. The zero-order chi connectivity index (χ0) is 11.4. The van der Waals surface area contributed by atoms with Gasteiger partial charge in [0.05, 0.1) is 12.6 Å². The minimum Gasteiger partial charge on any atom is -0.460 e. The fourth-order valence-electron chi connectivity index (χ4n) is 1.80. The first-order valence-electron chi connectivity index (χ1n) is 5.64. The molecule has 0 aliphatic carbocycles. The highest BCUT2D eigenvalue weighted by atomic mass is 16.5. The summed E-state index contributed by atoms with van der Waals surface area (Å²) in [5.41, 5.74) is 0. The summed E-state index contributed by atoms with van der Waals surface area (Å²) in [5.74, 6) is 0.368. The van der Waals surface area contributed by atoms with Crippen LogP contribution in [0.15, 0.2) is 0 Å². The number of carbonyl (C=O) groups excluding carboxylic acids is 1. The van der Waals surface area contributed by atoms with Crippen molar-refractivity contribution in [1.29, 1.82) is 0 Å². The van der Waals surface area contributed by atoms with E-state index in [1.165, 1.54) is 12.8 Å². The molecule has 0 saturated carbocycles. The zero-order valence-electron chi connectivity index (χ0n) is 9.32. The van der Waals surface area contributed by atoms with Gasteiger partial charge in [-0.25, -0.2) is 9.78 Å². The maximum Gasteiger partial charge on any atom is 0.378 e. The lowest BCUT2D eigenvalue weighted by atomic mass is 10.0. The Bertz CT molecular complexity index is 357. The number of hydrogen-bond acceptors (Lipinski definition) is 5. The monoisotopic (exact) mass is 224 g/mol. The number of hydrogen-bond donors (Lipinski definition) is 2. The van der Waals surface area contributed by atoms with E-state index < -0.39 is 5.97 Å². The van der Waals surface area contributed by atoms with E-state index >= 15 is 0 Å². The maximum atomic E-state index is 11.4. The molecule has 2 N–H and O–H groups in total. The Morgan fingerprint density at radius 1 is 1.56 bits per heavy atom. The van der Waals surface area contributed by atoms with E-state index in [-0.39, 0.29) is 11.9 Å². The second-order valence-electron chi connectivity index (χ2n) is 3.77. The summed E-state index contributed by atoms with van der Waals surface area (Å²) in [7, 11) is 0. The molecule has 0 unspecified atom stereocenters. The molecule has 2 rings (SSSR count). The lowest BCUT2D eigenvalue weighted by molar-refractivity contribution is 0.0512. The second kappa shape index (κ2) is 5.07. The molecule has 0 bridgehead atoms. The second-order valence-corrected chi connectivity index (χ2v) is 3.77. The van der Waals surface area contributed by atoms with Crippen molar-refractivity contribution in [3.63, 3.8) is 0 Å². The topological polar surface area (TPSA) is 79.9 Å². The van der Waals surface area contributed by atoms with E-state index in [4.69, 9.17) is 4.74 Å². The van der Waals surface area contributed by atoms with Crippen LogP contribution in [0.2, 0.25) is 0 Å². The van der Waals surface area contributed by atoms with Crippen LogP contribution in [0.3, 0.4) is 0 Å². The Kier molecular flexibility index (Phi) is 3.51. The first-order chi connectivity index (χ1) is 7.81. The Balaban J connectivity index is 2.03. The number of H-pyrrole nitrogens is 1. The molecule has 1 aromatic rings. The van der Waals surface area contributed by atoms with Gasteiger partial charge in [-0.05, 0) is 26.3 Å². The van der Waals surface area contributed by atoms with E-state index in [1.807, 2.05) is 0 Å². The molecular formula is C10H16N4O2. The summed E-state index contributed by atoms with van der Waals surface area (Å²) in [4.78, 5) is 15.5. The number of esters is 1. The molecule has 1 aromatic heterocycles. The minimum atomic E-state index is -0.471. The van der Waals surface area contributed by atoms with E-state index in [0.717, 1.165) is 18.8 Å². The van der Waals surface area contributed by atoms with Gasteiger partial charge in [0.25, 0.3) is 5.82 Å². The number of piperidine rings is 1. The third kappa shape index (κ3) is 2.38. The molecule has 1 saturated heterocycles. The zero-order valence-corrected chi connectivity index (χ0v) is 9.32. The number of aromatic nitrogens is 3. The van der Waals surface area contributed by atoms with Gasteiger partial charge in [-0.1, -0.05) is 6.42 Å². The SMILES string of the molecule is CCOC(=O)c1n[nH]c([C@H]2CCCCN2)n1. The molecule has 0 aromatic carbocycles. The summed E-state index contributed by atoms with van der Waals surface area (Å²) >= 11 is 0. The summed E-state index contributed by atoms with van der Waals surface area (Å²) in [6.45, 7) is 3.08. The van der Waals surface area contributed by atoms with Gasteiger partial charge >= 0.3 is 5.97 Å². The standard InChI is InChI=1S/C10H16N4O2/c1-2-16-10(15)9-12-8(13-14-9)7-5-3-4-6-11-7/h7,11H,2-6H2,1H3,(H,12,13,14)/t7-/m1/s1. The van der Waals surface area contributed by atoms with Crippen molar-refractivity contribution in [2.24, 2.45) is 0 Å². The first-order valence-corrected chi connectivity index (χ1v) is 5.64. The number of carbonyl (C=O) groups is 1. The molecule has 0 radical (unpaired) electrons. The van der Waals surface area contributed by atoms with Crippen LogP contribution in [0.1, 0.15) is 48.7 Å². The van der Waals surface area contributed by atoms with Crippen LogP contribution in [0.4, 0.5) is 0 Å². The molecular weight excluding hydrogens is 208 g/mol. The first kappa shape index (κ1) is 11.1. The molecule has 1 aliphatic heterocycles. The van der Waals surface area contributed by atoms with Crippen molar-refractivity contribution in [2.75, 3.05) is 13.2 Å². The molecule has 0 amide bonds. The van der Waals surface area contributed by atoms with Crippen molar-refractivity contribution >= 4 is 5.97 Å². The molecule has 88 valence electrons. The van der Waals surface area contributed by atoms with Gasteiger partial charge in [0.15, 0.2) is 0 Å². The molecule has 2 heterocycles. The normalized spacial score (nSPS) is 20.7. The number of nitrogens with zero attached hydrogens (tertiary/aromatic N) is 2. The van der Waals surface area contributed by atoms with Crippen LogP contribution >= 0.6 is 0 Å². The third-order valence-electron chi connectivity index (χ3n) is 2.60. The van der Waals surface area contributed by atoms with Gasteiger partial charge < -0.3 is 10.1 Å². The number of rotatable bonds is 3. The van der Waals surface area contributed by atoms with Gasteiger partial charge in [0, 0.05) is 0 Å². The summed E-state index contributed by atoms with van der Waals surface area (Å²) in [6.07, 6.45) is 3.39. The van der Waals surface area contributed by atoms with Crippen LogP contribution in [0, 0.1) is 0 Å². The summed E-state index contributed by atoms with van der Waals surface area (Å²) in [6, 6.07) is 0.185. The van der Waals surface area contributed by atoms with Gasteiger partial charge in [-0.15, -0.1) is 5.10 Å². The van der Waals surface area contributed by atoms with Crippen LogP contribution in [-0.2, 0) is 4.74 Å². The molecule has 1 atom stereocenters. The lowest BCUT2D eigenvalue weighted by Gasteiger charge is -2.20. The van der Waals surface area contributed by atoms with Crippen molar-refractivity contribution in [2.45, 2.75) is 32.2 Å². The van der Waals surface area contributed by atoms with Gasteiger partial charge in [0.2, 0.25) is 0 Å². The molecule has 16 heavy (non-hydrogen) atoms. The van der Waals surface area contributed by atoms with E-state index in [1.54, 1.807) is 6.92 Å². The largest absolute Gasteiger partial charge is 0.460 e. The third-order valence-corrected chi connectivity index (χ3v) is 2.60. The van der Waals surface area contributed by atoms with E-state index in [0.29, 0.717) is 6.61 Å². The van der Waals surface area contributed by atoms with Crippen LogP contribution in [-0.4, -0.2) is 34.3 Å². The van der Waals surface area contributed by atoms with Crippen molar-refractivity contribution in [3.8, 4) is 0 Å². The fraction of sp³-hybridized carbons (Fsp3) is 0.700. The van der Waals surface area contributed by atoms with Gasteiger partial charge in [0.1, 0.15) is 5.82 Å². The van der Waals surface area contributed by atoms with Crippen molar-refractivity contribution in [1.82, 2.24) is 20.5 Å². The Hall–Kier alpha value is -1.43. The summed E-state index contributed by atoms with van der Waals surface area (Å²) < 4.78 is 4.82. The Labute approximate surface area is 93.8 Å². The van der Waals surface area contributed by atoms with Crippen molar-refractivity contribution < 1.29 is 9.53 Å². The van der Waals surface area contributed by atoms with Gasteiger partial charge in [-0.3, -0.25) is 5.10 Å². The molecule has 6 nitrogen and oxygen atoms in total. The highest BCUT2D eigenvalue weighted by Gasteiger charge is 2.20. The van der Waals surface area contributed by atoms with Crippen LogP contribution in [0.5, 0.6) is 0 Å². The Morgan fingerprint density at radius 2 is 2.44 bits per heavy atom. The molecule has 6 heteroatoms. The average molecular weight is 224 g/mol. The maximum absolute atomic E-state index is 11.4. The van der Waals surface area contributed by atoms with Gasteiger partial charge in [-0.2, -0.15) is 0 Å². The number of nitrogens with one attached hydrogen (secondary N) is 2. The van der Waals surface area contributed by atoms with Crippen molar-refractivity contribution in [3.05, 3.63) is 11.6 Å². The highest BCUT2D eigenvalue weighted by molar-refractivity contribution is 5.84. The van der Waals surface area contributed by atoms with Crippen LogP contribution in [0.25, 0.3) is 0 Å². The van der Waals surface area contributed by atoms with Crippen LogP contribution < -0.4 is 5.32 Å². The molecule has 1 aliphatic rings. The van der Waals surface area contributed by atoms with E-state index in [9.17, 15) is 4.79 Å². The predicted octanol–water partition coefficient (Wildman–Crippen LogP) is 0.796. The number of ether oxygens (including phenoxy) is 1. The summed E-state index contributed by atoms with van der Waals surface area (Å²) in [5, 5.41) is 9.98. The average Bonchev–Trinajstić information content (AvgIpc) is 2.80. The molecule has 1 fully saturated rings. The minimum absolute atomic E-state index is 0.115. The number of aromatic amines is 1. The highest BCUT2D eigenvalue weighted by Crippen LogP contribution is 2.19. The molecule has 0 spiro atoms. The lowest BCUT2D eigenvalue weighted by Crippen LogP contribution is -2.27. The fourth-order valence-corrected chi connectivity index (χ4v) is 1.80. The smallest absolute Gasteiger partial charge is 0.378 e. The van der Waals surface area contributed by atoms with E-state index in [2.05, 4.69) is 20.5 Å². The quantitative estimate of drug-likeness (QED) is 0.742.